The van der Waals surface area contributed by atoms with E-state index < -0.39 is 0 Å². The highest BCUT2D eigenvalue weighted by Crippen LogP contribution is 2.63. The van der Waals surface area contributed by atoms with Gasteiger partial charge in [0.2, 0.25) is 0 Å². The lowest BCUT2D eigenvalue weighted by molar-refractivity contribution is 0.471. The number of hydrogen-bond acceptors (Lipinski definition) is 3. The van der Waals surface area contributed by atoms with Gasteiger partial charge in [-0.05, 0) is 111 Å². The van der Waals surface area contributed by atoms with E-state index in [0.717, 1.165) is 34.2 Å². The van der Waals surface area contributed by atoms with Crippen LogP contribution in [-0.2, 0) is 16.2 Å². The minimum Gasteiger partial charge on any atom is -0.453 e. The standard InChI is InChI=1S/C52H44N2O/c1-31-15-12-23-45-48(31)54-44-22-14-21-43(47(44)52(6,7)40-20-13-24-46(55-45)49(40)54)53(32-25-27-36-34-16-8-10-18-38(34)50(2,3)41(36)29-32)33-26-28-37-35-17-9-11-19-39(35)51(4,5)42(37)30-33/h8-30H,1-7H3. The summed E-state index contributed by atoms with van der Waals surface area (Å²) in [4.78, 5) is 5.03. The summed E-state index contributed by atoms with van der Waals surface area (Å²) in [6, 6.07) is 52.1. The van der Waals surface area contributed by atoms with Crippen molar-refractivity contribution in [2.75, 3.05) is 9.80 Å². The predicted octanol–water partition coefficient (Wildman–Crippen LogP) is 14.3. The van der Waals surface area contributed by atoms with Crippen LogP contribution in [0.2, 0.25) is 0 Å². The fourth-order valence-electron chi connectivity index (χ4n) is 10.6. The fourth-order valence-corrected chi connectivity index (χ4v) is 10.6. The van der Waals surface area contributed by atoms with Crippen molar-refractivity contribution >= 4 is 34.1 Å². The van der Waals surface area contributed by atoms with Gasteiger partial charge < -0.3 is 14.5 Å². The maximum Gasteiger partial charge on any atom is 0.151 e. The highest BCUT2D eigenvalue weighted by atomic mass is 16.5. The minimum absolute atomic E-state index is 0.130. The molecule has 55 heavy (non-hydrogen) atoms. The molecule has 0 saturated heterocycles. The van der Waals surface area contributed by atoms with E-state index in [1.807, 2.05) is 0 Å². The molecule has 7 aromatic rings. The van der Waals surface area contributed by atoms with Crippen LogP contribution in [0.25, 0.3) is 22.3 Å². The quantitative estimate of drug-likeness (QED) is 0.181. The Morgan fingerprint density at radius 3 is 1.58 bits per heavy atom. The third kappa shape index (κ3) is 4.16. The molecule has 2 heterocycles. The van der Waals surface area contributed by atoms with Crippen LogP contribution in [0.4, 0.5) is 34.1 Å². The SMILES string of the molecule is Cc1cccc2c1N1c3cccc(N(c4ccc5c(c4)C(C)(C)c4ccccc4-5)c4ccc5c(c4)C(C)(C)c4ccccc4-5)c3C(C)(C)c3cccc(c31)O2. The van der Waals surface area contributed by atoms with Gasteiger partial charge in [-0.3, -0.25) is 0 Å². The molecule has 0 spiro atoms. The predicted molar refractivity (Wildman–Crippen MR) is 228 cm³/mol. The van der Waals surface area contributed by atoms with E-state index >= 15 is 0 Å². The van der Waals surface area contributed by atoms with Gasteiger partial charge in [-0.1, -0.05) is 133 Å². The first-order chi connectivity index (χ1) is 26.5. The Morgan fingerprint density at radius 1 is 0.455 bits per heavy atom. The van der Waals surface area contributed by atoms with Crippen molar-refractivity contribution < 1.29 is 4.74 Å². The summed E-state index contributed by atoms with van der Waals surface area (Å²) in [5.41, 5.74) is 20.9. The molecule has 4 aliphatic rings. The Kier molecular flexibility index (Phi) is 6.35. The van der Waals surface area contributed by atoms with E-state index in [4.69, 9.17) is 4.74 Å². The third-order valence-electron chi connectivity index (χ3n) is 13.3. The molecule has 3 nitrogen and oxygen atoms in total. The lowest BCUT2D eigenvalue weighted by Crippen LogP contribution is -2.34. The monoisotopic (exact) mass is 712 g/mol. The molecular formula is C52H44N2O. The van der Waals surface area contributed by atoms with E-state index in [1.165, 1.54) is 72.6 Å². The Balaban J connectivity index is 1.19. The minimum atomic E-state index is -0.353. The summed E-state index contributed by atoms with van der Waals surface area (Å²) in [5, 5.41) is 0. The maximum absolute atomic E-state index is 6.66. The van der Waals surface area contributed by atoms with E-state index in [-0.39, 0.29) is 16.2 Å². The Morgan fingerprint density at radius 2 is 0.964 bits per heavy atom. The number of aryl methyl sites for hydroxylation is 1. The van der Waals surface area contributed by atoms with Crippen molar-refractivity contribution in [1.82, 2.24) is 0 Å². The van der Waals surface area contributed by atoms with E-state index in [1.54, 1.807) is 0 Å². The number of benzene rings is 7. The zero-order valence-corrected chi connectivity index (χ0v) is 32.6. The molecule has 268 valence electrons. The summed E-state index contributed by atoms with van der Waals surface area (Å²) in [6.45, 7) is 16.5. The Bertz CT molecular complexity index is 2700. The van der Waals surface area contributed by atoms with Gasteiger partial charge in [-0.25, -0.2) is 0 Å². The summed E-state index contributed by atoms with van der Waals surface area (Å²) >= 11 is 0. The van der Waals surface area contributed by atoms with Crippen molar-refractivity contribution in [3.8, 4) is 33.8 Å². The lowest BCUT2D eigenvalue weighted by atomic mass is 9.72. The molecule has 0 aromatic heterocycles. The number of para-hydroxylation sites is 2. The molecule has 0 unspecified atom stereocenters. The molecule has 2 aliphatic carbocycles. The van der Waals surface area contributed by atoms with E-state index in [2.05, 4.69) is 198 Å². The van der Waals surface area contributed by atoms with Crippen LogP contribution in [0.3, 0.4) is 0 Å². The molecule has 0 bridgehead atoms. The molecular weight excluding hydrogens is 669 g/mol. The number of hydrogen-bond donors (Lipinski definition) is 0. The average Bonchev–Trinajstić information content (AvgIpc) is 3.55. The zero-order chi connectivity index (χ0) is 37.6. The second-order valence-corrected chi connectivity index (χ2v) is 17.4. The van der Waals surface area contributed by atoms with Gasteiger partial charge in [-0.2, -0.15) is 0 Å². The van der Waals surface area contributed by atoms with Crippen molar-refractivity contribution in [1.29, 1.82) is 0 Å². The van der Waals surface area contributed by atoms with Crippen molar-refractivity contribution in [3.05, 3.63) is 178 Å². The number of ether oxygens (including phenoxy) is 1. The van der Waals surface area contributed by atoms with E-state index in [0.29, 0.717) is 0 Å². The molecule has 0 N–H and O–H groups in total. The van der Waals surface area contributed by atoms with Gasteiger partial charge in [0.25, 0.3) is 0 Å². The third-order valence-corrected chi connectivity index (χ3v) is 13.3. The molecule has 0 amide bonds. The van der Waals surface area contributed by atoms with Crippen molar-refractivity contribution in [2.24, 2.45) is 0 Å². The molecule has 0 saturated carbocycles. The highest BCUT2D eigenvalue weighted by molar-refractivity contribution is 5.98. The highest BCUT2D eigenvalue weighted by Gasteiger charge is 2.45. The maximum atomic E-state index is 6.66. The van der Waals surface area contributed by atoms with Crippen LogP contribution in [0.15, 0.2) is 140 Å². The summed E-state index contributed by atoms with van der Waals surface area (Å²) in [5.74, 6) is 1.79. The number of nitrogens with zero attached hydrogens (tertiary/aromatic N) is 2. The van der Waals surface area contributed by atoms with Crippen molar-refractivity contribution in [3.63, 3.8) is 0 Å². The van der Waals surface area contributed by atoms with Gasteiger partial charge in [-0.15, -0.1) is 0 Å². The number of rotatable bonds is 3. The van der Waals surface area contributed by atoms with Crippen LogP contribution in [0.1, 0.15) is 80.5 Å². The van der Waals surface area contributed by atoms with Gasteiger partial charge in [0, 0.05) is 33.2 Å². The Hall–Kier alpha value is -6.06. The molecule has 0 atom stereocenters. The van der Waals surface area contributed by atoms with E-state index in [9.17, 15) is 0 Å². The molecule has 0 radical (unpaired) electrons. The normalized spacial score (nSPS) is 16.5. The topological polar surface area (TPSA) is 15.7 Å². The van der Waals surface area contributed by atoms with Crippen LogP contribution in [0.5, 0.6) is 11.5 Å². The smallest absolute Gasteiger partial charge is 0.151 e. The van der Waals surface area contributed by atoms with Crippen LogP contribution < -0.4 is 14.5 Å². The number of fused-ring (bicyclic) bond motifs is 10. The second kappa shape index (κ2) is 10.8. The first-order valence-corrected chi connectivity index (χ1v) is 19.6. The fraction of sp³-hybridized carbons (Fsp3) is 0.192. The summed E-state index contributed by atoms with van der Waals surface area (Å²) < 4.78 is 6.66. The Labute approximate surface area is 324 Å². The molecule has 11 rings (SSSR count). The zero-order valence-electron chi connectivity index (χ0n) is 32.6. The first kappa shape index (κ1) is 32.4. The summed E-state index contributed by atoms with van der Waals surface area (Å²) in [6.07, 6.45) is 0. The van der Waals surface area contributed by atoms with Crippen LogP contribution in [-0.4, -0.2) is 0 Å². The number of anilines is 6. The summed E-state index contributed by atoms with van der Waals surface area (Å²) in [7, 11) is 0. The largest absolute Gasteiger partial charge is 0.453 e. The van der Waals surface area contributed by atoms with Gasteiger partial charge in [0.05, 0.1) is 22.7 Å². The second-order valence-electron chi connectivity index (χ2n) is 17.4. The van der Waals surface area contributed by atoms with Gasteiger partial charge in [0.1, 0.15) is 0 Å². The lowest BCUT2D eigenvalue weighted by Gasteiger charge is -2.47. The van der Waals surface area contributed by atoms with Gasteiger partial charge >= 0.3 is 0 Å². The molecule has 0 fully saturated rings. The average molecular weight is 713 g/mol. The molecule has 7 aromatic carbocycles. The van der Waals surface area contributed by atoms with Gasteiger partial charge in [0.15, 0.2) is 11.5 Å². The van der Waals surface area contributed by atoms with Crippen molar-refractivity contribution in [2.45, 2.75) is 64.7 Å². The van der Waals surface area contributed by atoms with Crippen LogP contribution in [0, 0.1) is 6.92 Å². The molecule has 3 heteroatoms. The molecule has 2 aliphatic heterocycles. The van der Waals surface area contributed by atoms with Crippen LogP contribution >= 0.6 is 0 Å². The first-order valence-electron chi connectivity index (χ1n) is 19.6.